The van der Waals surface area contributed by atoms with Crippen LogP contribution in [0.1, 0.15) is 20.3 Å². The lowest BCUT2D eigenvalue weighted by atomic mass is 10.1. The van der Waals surface area contributed by atoms with Crippen molar-refractivity contribution in [3.05, 3.63) is 30.3 Å². The molecule has 0 aliphatic rings. The Hall–Kier alpha value is -2.17. The first-order valence-corrected chi connectivity index (χ1v) is 5.99. The highest BCUT2D eigenvalue weighted by atomic mass is 16.2. The Kier molecular flexibility index (Phi) is 3.72. The highest BCUT2D eigenvalue weighted by molar-refractivity contribution is 5.90. The van der Waals surface area contributed by atoms with Crippen LogP contribution in [-0.2, 0) is 4.79 Å². The molecule has 0 aliphatic carbocycles. The van der Waals surface area contributed by atoms with E-state index in [0.717, 1.165) is 12.0 Å². The van der Waals surface area contributed by atoms with Crippen LogP contribution in [0, 0.1) is 5.92 Å². The van der Waals surface area contributed by atoms with Crippen molar-refractivity contribution in [3.8, 4) is 11.4 Å². The molecule has 1 heterocycles. The van der Waals surface area contributed by atoms with E-state index >= 15 is 0 Å². The van der Waals surface area contributed by atoms with Gasteiger partial charge in [0.15, 0.2) is 5.82 Å². The number of nitrogens with zero attached hydrogens (tertiary/aromatic N) is 2. The van der Waals surface area contributed by atoms with Crippen molar-refractivity contribution >= 4 is 11.9 Å². The smallest absolute Gasteiger partial charge is 0.249 e. The lowest BCUT2D eigenvalue weighted by Gasteiger charge is -2.05. The molecule has 2 aromatic rings. The Balaban J connectivity index is 2.10. The average molecular weight is 244 g/mol. The number of carbonyl (C=O) groups is 1. The van der Waals surface area contributed by atoms with Gasteiger partial charge >= 0.3 is 0 Å². The molecular formula is C13H16N4O. The first-order valence-electron chi connectivity index (χ1n) is 5.99. The van der Waals surface area contributed by atoms with Crippen LogP contribution in [0.2, 0.25) is 0 Å². The average Bonchev–Trinajstić information content (AvgIpc) is 2.87. The van der Waals surface area contributed by atoms with Crippen molar-refractivity contribution < 1.29 is 4.79 Å². The molecule has 0 saturated carbocycles. The van der Waals surface area contributed by atoms with Crippen LogP contribution in [0.5, 0.6) is 0 Å². The quantitative estimate of drug-likeness (QED) is 0.867. The van der Waals surface area contributed by atoms with Crippen LogP contribution in [0.25, 0.3) is 11.4 Å². The van der Waals surface area contributed by atoms with Crippen molar-refractivity contribution in [2.24, 2.45) is 5.92 Å². The van der Waals surface area contributed by atoms with Crippen LogP contribution in [0.15, 0.2) is 30.3 Å². The van der Waals surface area contributed by atoms with Crippen molar-refractivity contribution in [2.45, 2.75) is 20.3 Å². The van der Waals surface area contributed by atoms with E-state index in [9.17, 15) is 4.79 Å². The number of hydrogen-bond donors (Lipinski definition) is 2. The highest BCUT2D eigenvalue weighted by Crippen LogP contribution is 2.15. The molecule has 2 rings (SSSR count). The van der Waals surface area contributed by atoms with Gasteiger partial charge in [-0.05, 0) is 6.42 Å². The maximum atomic E-state index is 11.7. The van der Waals surface area contributed by atoms with E-state index in [1.165, 1.54) is 0 Å². The SMILES string of the molecule is CCC(C)C(=O)Nc1n[nH]c(-c2ccccc2)n1. The largest absolute Gasteiger partial charge is 0.293 e. The number of nitrogens with one attached hydrogen (secondary N) is 2. The minimum atomic E-state index is -0.0592. The van der Waals surface area contributed by atoms with Crippen molar-refractivity contribution in [3.63, 3.8) is 0 Å². The van der Waals surface area contributed by atoms with Gasteiger partial charge in [-0.25, -0.2) is 0 Å². The van der Waals surface area contributed by atoms with Gasteiger partial charge in [0, 0.05) is 11.5 Å². The molecule has 1 amide bonds. The summed E-state index contributed by atoms with van der Waals surface area (Å²) < 4.78 is 0. The van der Waals surface area contributed by atoms with Gasteiger partial charge in [0.05, 0.1) is 0 Å². The number of hydrogen-bond acceptors (Lipinski definition) is 3. The molecule has 5 nitrogen and oxygen atoms in total. The molecule has 1 aromatic heterocycles. The topological polar surface area (TPSA) is 70.7 Å². The zero-order valence-electron chi connectivity index (χ0n) is 10.5. The third kappa shape index (κ3) is 2.74. The summed E-state index contributed by atoms with van der Waals surface area (Å²) in [5.74, 6) is 0.869. The fourth-order valence-electron chi connectivity index (χ4n) is 1.46. The summed E-state index contributed by atoms with van der Waals surface area (Å²) >= 11 is 0. The number of aromatic nitrogens is 3. The van der Waals surface area contributed by atoms with Gasteiger partial charge in [0.1, 0.15) is 0 Å². The second-order valence-electron chi connectivity index (χ2n) is 4.17. The Labute approximate surface area is 106 Å². The van der Waals surface area contributed by atoms with Crippen LogP contribution in [0.3, 0.4) is 0 Å². The van der Waals surface area contributed by atoms with Gasteiger partial charge in [0.25, 0.3) is 0 Å². The van der Waals surface area contributed by atoms with Crippen LogP contribution >= 0.6 is 0 Å². The summed E-state index contributed by atoms with van der Waals surface area (Å²) in [5, 5.41) is 9.48. The zero-order chi connectivity index (χ0) is 13.0. The maximum Gasteiger partial charge on any atom is 0.249 e. The zero-order valence-corrected chi connectivity index (χ0v) is 10.5. The van der Waals surface area contributed by atoms with Crippen molar-refractivity contribution in [2.75, 3.05) is 5.32 Å². The van der Waals surface area contributed by atoms with Crippen molar-refractivity contribution in [1.29, 1.82) is 0 Å². The fraction of sp³-hybridized carbons (Fsp3) is 0.308. The number of benzene rings is 1. The summed E-state index contributed by atoms with van der Waals surface area (Å²) in [6.07, 6.45) is 0.793. The van der Waals surface area contributed by atoms with E-state index in [4.69, 9.17) is 0 Å². The molecule has 5 heteroatoms. The predicted molar refractivity (Wildman–Crippen MR) is 69.9 cm³/mol. The second kappa shape index (κ2) is 5.44. The molecule has 0 bridgehead atoms. The third-order valence-electron chi connectivity index (χ3n) is 2.83. The molecular weight excluding hydrogens is 228 g/mol. The Morgan fingerprint density at radius 2 is 2.11 bits per heavy atom. The Morgan fingerprint density at radius 3 is 2.78 bits per heavy atom. The van der Waals surface area contributed by atoms with E-state index in [2.05, 4.69) is 20.5 Å². The van der Waals surface area contributed by atoms with Crippen LogP contribution in [-0.4, -0.2) is 21.1 Å². The number of amides is 1. The second-order valence-corrected chi connectivity index (χ2v) is 4.17. The number of carbonyl (C=O) groups excluding carboxylic acids is 1. The van der Waals surface area contributed by atoms with Gasteiger partial charge in [-0.15, -0.1) is 5.10 Å². The number of H-pyrrole nitrogens is 1. The standard InChI is InChI=1S/C13H16N4O/c1-3-9(2)12(18)15-13-14-11(16-17-13)10-7-5-4-6-8-10/h4-9H,3H2,1-2H3,(H2,14,15,16,17,18). The van der Waals surface area contributed by atoms with Gasteiger partial charge in [0.2, 0.25) is 11.9 Å². The monoisotopic (exact) mass is 244 g/mol. The van der Waals surface area contributed by atoms with Crippen LogP contribution in [0.4, 0.5) is 5.95 Å². The Bertz CT molecular complexity index is 521. The lowest BCUT2D eigenvalue weighted by molar-refractivity contribution is -0.119. The van der Waals surface area contributed by atoms with E-state index in [-0.39, 0.29) is 11.8 Å². The molecule has 1 unspecified atom stereocenters. The molecule has 0 fully saturated rings. The molecule has 1 aromatic carbocycles. The van der Waals surface area contributed by atoms with Gasteiger partial charge in [-0.2, -0.15) is 4.98 Å². The molecule has 0 saturated heterocycles. The summed E-state index contributed by atoms with van der Waals surface area (Å²) in [7, 11) is 0. The van der Waals surface area contributed by atoms with Crippen molar-refractivity contribution in [1.82, 2.24) is 15.2 Å². The summed E-state index contributed by atoms with van der Waals surface area (Å²) in [4.78, 5) is 15.9. The molecule has 0 spiro atoms. The molecule has 18 heavy (non-hydrogen) atoms. The summed E-state index contributed by atoms with van der Waals surface area (Å²) in [6.45, 7) is 3.84. The highest BCUT2D eigenvalue weighted by Gasteiger charge is 2.13. The van der Waals surface area contributed by atoms with E-state index in [1.807, 2.05) is 44.2 Å². The lowest BCUT2D eigenvalue weighted by Crippen LogP contribution is -2.20. The Morgan fingerprint density at radius 1 is 1.39 bits per heavy atom. The number of rotatable bonds is 4. The minimum absolute atomic E-state index is 0.0383. The molecule has 94 valence electrons. The van der Waals surface area contributed by atoms with E-state index in [1.54, 1.807) is 0 Å². The number of anilines is 1. The van der Waals surface area contributed by atoms with Gasteiger partial charge in [-0.1, -0.05) is 44.2 Å². The number of aromatic amines is 1. The van der Waals surface area contributed by atoms with Gasteiger partial charge in [-0.3, -0.25) is 15.2 Å². The third-order valence-corrected chi connectivity index (χ3v) is 2.83. The maximum absolute atomic E-state index is 11.7. The normalized spacial score (nSPS) is 12.1. The molecule has 1 atom stereocenters. The molecule has 0 aliphatic heterocycles. The molecule has 2 N–H and O–H groups in total. The van der Waals surface area contributed by atoms with Crippen LogP contribution < -0.4 is 5.32 Å². The molecule has 0 radical (unpaired) electrons. The fourth-order valence-corrected chi connectivity index (χ4v) is 1.46. The van der Waals surface area contributed by atoms with E-state index < -0.39 is 0 Å². The predicted octanol–water partition coefficient (Wildman–Crippen LogP) is 2.46. The van der Waals surface area contributed by atoms with E-state index in [0.29, 0.717) is 11.8 Å². The summed E-state index contributed by atoms with van der Waals surface area (Å²) in [5.41, 5.74) is 0.939. The van der Waals surface area contributed by atoms with Gasteiger partial charge < -0.3 is 0 Å². The first-order chi connectivity index (χ1) is 8.70. The summed E-state index contributed by atoms with van der Waals surface area (Å²) in [6, 6.07) is 9.65. The first kappa shape index (κ1) is 12.3. The minimum Gasteiger partial charge on any atom is -0.293 e.